The van der Waals surface area contributed by atoms with Gasteiger partial charge in [0.2, 0.25) is 0 Å². The number of benzene rings is 1. The molecule has 0 aliphatic rings. The summed E-state index contributed by atoms with van der Waals surface area (Å²) < 4.78 is 46.6. The molecule has 0 unspecified atom stereocenters. The summed E-state index contributed by atoms with van der Waals surface area (Å²) in [6.07, 6.45) is -4.56. The number of alkyl halides is 3. The van der Waals surface area contributed by atoms with Crippen LogP contribution >= 0.6 is 0 Å². The second kappa shape index (κ2) is 7.63. The third-order valence-electron chi connectivity index (χ3n) is 3.72. The summed E-state index contributed by atoms with van der Waals surface area (Å²) in [7, 11) is -1.32. The first-order chi connectivity index (χ1) is 12.0. The Labute approximate surface area is 150 Å². The fourth-order valence-corrected chi connectivity index (χ4v) is 3.08. The Bertz CT molecular complexity index is 782. The minimum Gasteiger partial charge on any atom is -0.476 e. The van der Waals surface area contributed by atoms with Crippen LogP contribution < -0.4 is 0 Å². The number of hydrogen-bond acceptors (Lipinski definition) is 3. The number of rotatable bonds is 7. The van der Waals surface area contributed by atoms with Crippen molar-refractivity contribution >= 4 is 14.0 Å². The molecule has 0 bridgehead atoms. The zero-order chi connectivity index (χ0) is 19.5. The molecule has 1 heterocycles. The highest BCUT2D eigenvalue weighted by atomic mass is 28.3. The van der Waals surface area contributed by atoms with Crippen LogP contribution in [0.4, 0.5) is 13.2 Å². The van der Waals surface area contributed by atoms with Crippen molar-refractivity contribution in [3.63, 3.8) is 0 Å². The second-order valence-electron chi connectivity index (χ2n) is 7.11. The summed E-state index contributed by atoms with van der Waals surface area (Å²) in [6.45, 7) is 6.87. The van der Waals surface area contributed by atoms with Gasteiger partial charge in [-0.1, -0.05) is 37.8 Å². The highest BCUT2D eigenvalue weighted by Gasteiger charge is 2.34. The molecule has 0 aliphatic heterocycles. The lowest BCUT2D eigenvalue weighted by molar-refractivity contribution is -0.137. The lowest BCUT2D eigenvalue weighted by Crippen LogP contribution is -2.22. The molecule has 0 saturated heterocycles. The zero-order valence-corrected chi connectivity index (χ0v) is 15.8. The van der Waals surface area contributed by atoms with Crippen molar-refractivity contribution in [2.45, 2.75) is 38.6 Å². The standard InChI is InChI=1S/C17H21F3N2O3Si/c1-26(2,3)9-8-25-11-22-15(10-14(21-22)16(23)24)12-6-4-5-7-13(12)17(18,19)20/h4-7,10H,8-9,11H2,1-3H3,(H,23,24). The number of hydrogen-bond donors (Lipinski definition) is 1. The van der Waals surface area contributed by atoms with Gasteiger partial charge >= 0.3 is 12.1 Å². The van der Waals surface area contributed by atoms with Crippen LogP contribution in [-0.2, 0) is 17.6 Å². The smallest absolute Gasteiger partial charge is 0.417 e. The van der Waals surface area contributed by atoms with Gasteiger partial charge in [-0.25, -0.2) is 9.48 Å². The largest absolute Gasteiger partial charge is 0.476 e. The number of carboxylic acids is 1. The van der Waals surface area contributed by atoms with Gasteiger partial charge in [-0.15, -0.1) is 0 Å². The predicted molar refractivity (Wildman–Crippen MR) is 93.7 cm³/mol. The minimum absolute atomic E-state index is 0.0586. The van der Waals surface area contributed by atoms with Crippen LogP contribution in [0.1, 0.15) is 16.1 Å². The van der Waals surface area contributed by atoms with Crippen molar-refractivity contribution in [2.75, 3.05) is 6.61 Å². The van der Waals surface area contributed by atoms with Gasteiger partial charge < -0.3 is 9.84 Å². The van der Waals surface area contributed by atoms with Crippen LogP contribution in [0.15, 0.2) is 30.3 Å². The van der Waals surface area contributed by atoms with Crippen molar-refractivity contribution in [2.24, 2.45) is 0 Å². The van der Waals surface area contributed by atoms with E-state index in [1.807, 2.05) is 0 Å². The highest BCUT2D eigenvalue weighted by molar-refractivity contribution is 6.76. The molecular formula is C17H21F3N2O3Si. The van der Waals surface area contributed by atoms with Crippen molar-refractivity contribution < 1.29 is 27.8 Å². The van der Waals surface area contributed by atoms with E-state index in [9.17, 15) is 18.0 Å². The molecule has 1 aromatic heterocycles. The van der Waals surface area contributed by atoms with Crippen LogP contribution in [0, 0.1) is 0 Å². The number of ether oxygens (including phenoxy) is 1. The molecule has 142 valence electrons. The third kappa shape index (κ3) is 5.18. The Morgan fingerprint density at radius 2 is 1.92 bits per heavy atom. The van der Waals surface area contributed by atoms with E-state index in [2.05, 4.69) is 24.7 Å². The van der Waals surface area contributed by atoms with Gasteiger partial charge in [-0.3, -0.25) is 0 Å². The molecule has 1 N–H and O–H groups in total. The topological polar surface area (TPSA) is 64.4 Å². The maximum atomic E-state index is 13.3. The summed E-state index contributed by atoms with van der Waals surface area (Å²) in [6, 6.07) is 7.02. The SMILES string of the molecule is C[Si](C)(C)CCOCn1nc(C(=O)O)cc1-c1ccccc1C(F)(F)F. The molecule has 0 spiro atoms. The molecule has 2 aromatic rings. The summed E-state index contributed by atoms with van der Waals surface area (Å²) in [5, 5.41) is 13.0. The van der Waals surface area contributed by atoms with Crippen LogP contribution in [0.2, 0.25) is 25.7 Å². The number of carboxylic acid groups (broad SMARTS) is 1. The van der Waals surface area contributed by atoms with E-state index in [1.54, 1.807) is 0 Å². The monoisotopic (exact) mass is 386 g/mol. The zero-order valence-electron chi connectivity index (χ0n) is 14.8. The summed E-state index contributed by atoms with van der Waals surface area (Å²) in [5.41, 5.74) is -1.25. The lowest BCUT2D eigenvalue weighted by atomic mass is 10.0. The predicted octanol–water partition coefficient (Wildman–Crippen LogP) is 4.58. The van der Waals surface area contributed by atoms with Crippen molar-refractivity contribution in [1.82, 2.24) is 9.78 Å². The average Bonchev–Trinajstić information content (AvgIpc) is 2.94. The molecule has 0 fully saturated rings. The van der Waals surface area contributed by atoms with E-state index >= 15 is 0 Å². The first kappa shape index (κ1) is 20.2. The van der Waals surface area contributed by atoms with E-state index < -0.39 is 25.8 Å². The molecule has 5 nitrogen and oxygen atoms in total. The molecule has 0 radical (unpaired) electrons. The summed E-state index contributed by atoms with van der Waals surface area (Å²) in [4.78, 5) is 11.2. The van der Waals surface area contributed by atoms with Gasteiger partial charge in [0.15, 0.2) is 5.69 Å². The van der Waals surface area contributed by atoms with E-state index in [0.717, 1.165) is 22.9 Å². The van der Waals surface area contributed by atoms with Crippen LogP contribution in [0.25, 0.3) is 11.3 Å². The average molecular weight is 386 g/mol. The highest BCUT2D eigenvalue weighted by Crippen LogP contribution is 2.37. The molecule has 9 heteroatoms. The molecule has 0 atom stereocenters. The van der Waals surface area contributed by atoms with Crippen molar-refractivity contribution in [3.05, 3.63) is 41.6 Å². The van der Waals surface area contributed by atoms with Crippen molar-refractivity contribution in [3.8, 4) is 11.3 Å². The Morgan fingerprint density at radius 3 is 2.50 bits per heavy atom. The normalized spacial score (nSPS) is 12.4. The van der Waals surface area contributed by atoms with Gasteiger partial charge in [0.25, 0.3) is 0 Å². The van der Waals surface area contributed by atoms with E-state index in [1.165, 1.54) is 18.2 Å². The number of carbonyl (C=O) groups is 1. The summed E-state index contributed by atoms with van der Waals surface area (Å²) in [5.74, 6) is -1.31. The second-order valence-corrected chi connectivity index (χ2v) is 12.7. The maximum absolute atomic E-state index is 13.3. The Hall–Kier alpha value is -2.13. The van der Waals surface area contributed by atoms with Gasteiger partial charge in [-0.2, -0.15) is 18.3 Å². The maximum Gasteiger partial charge on any atom is 0.417 e. The Kier molecular flexibility index (Phi) is 5.92. The van der Waals surface area contributed by atoms with Crippen LogP contribution in [0.3, 0.4) is 0 Å². The number of aromatic nitrogens is 2. The minimum atomic E-state index is -4.56. The number of halogens is 3. The molecule has 0 saturated carbocycles. The first-order valence-corrected chi connectivity index (χ1v) is 11.8. The van der Waals surface area contributed by atoms with Gasteiger partial charge in [0.1, 0.15) is 6.73 Å². The lowest BCUT2D eigenvalue weighted by Gasteiger charge is -2.17. The first-order valence-electron chi connectivity index (χ1n) is 8.04. The van der Waals surface area contributed by atoms with Crippen LogP contribution in [-0.4, -0.2) is 35.5 Å². The van der Waals surface area contributed by atoms with E-state index in [-0.39, 0.29) is 23.7 Å². The fourth-order valence-electron chi connectivity index (χ4n) is 2.32. The molecule has 26 heavy (non-hydrogen) atoms. The molecule has 1 aromatic carbocycles. The Morgan fingerprint density at radius 1 is 1.27 bits per heavy atom. The summed E-state index contributed by atoms with van der Waals surface area (Å²) >= 11 is 0. The molecule has 0 aliphatic carbocycles. The van der Waals surface area contributed by atoms with Gasteiger partial charge in [0.05, 0.1) is 11.3 Å². The van der Waals surface area contributed by atoms with Gasteiger partial charge in [-0.05, 0) is 18.2 Å². The van der Waals surface area contributed by atoms with E-state index in [4.69, 9.17) is 9.84 Å². The molecule has 2 rings (SSSR count). The van der Waals surface area contributed by atoms with Crippen molar-refractivity contribution in [1.29, 1.82) is 0 Å². The van der Waals surface area contributed by atoms with E-state index in [0.29, 0.717) is 6.61 Å². The number of aromatic carboxylic acids is 1. The van der Waals surface area contributed by atoms with Crippen LogP contribution in [0.5, 0.6) is 0 Å². The quantitative estimate of drug-likeness (QED) is 0.559. The van der Waals surface area contributed by atoms with Gasteiger partial charge in [0, 0.05) is 20.2 Å². The Balaban J connectivity index is 2.35. The number of nitrogens with zero attached hydrogens (tertiary/aromatic N) is 2. The molecular weight excluding hydrogens is 365 g/mol. The fraction of sp³-hybridized carbons (Fsp3) is 0.412. The third-order valence-corrected chi connectivity index (χ3v) is 5.42. The molecule has 0 amide bonds.